The lowest BCUT2D eigenvalue weighted by Crippen LogP contribution is -2.33. The minimum atomic E-state index is -0.483. The van der Waals surface area contributed by atoms with E-state index in [1.165, 1.54) is 4.90 Å². The van der Waals surface area contributed by atoms with Gasteiger partial charge >= 0.3 is 5.97 Å². The number of carbonyl (C=O) groups excluding carboxylic acids is 3. The third-order valence-corrected chi connectivity index (χ3v) is 4.91. The van der Waals surface area contributed by atoms with Gasteiger partial charge in [-0.05, 0) is 30.5 Å². The number of esters is 1. The van der Waals surface area contributed by atoms with Crippen LogP contribution in [-0.2, 0) is 20.8 Å². The number of benzene rings is 1. The lowest BCUT2D eigenvalue weighted by molar-refractivity contribution is -0.141. The van der Waals surface area contributed by atoms with Crippen molar-refractivity contribution in [3.8, 4) is 11.8 Å². The number of nitriles is 1. The van der Waals surface area contributed by atoms with Gasteiger partial charge in [0.2, 0.25) is 11.8 Å². The Bertz CT molecular complexity index is 696. The highest BCUT2D eigenvalue weighted by molar-refractivity contribution is 6.05. The van der Waals surface area contributed by atoms with Crippen LogP contribution in [0, 0.1) is 23.2 Å². The summed E-state index contributed by atoms with van der Waals surface area (Å²) in [5.41, 5.74) is 0.846. The average Bonchev–Trinajstić information content (AvgIpc) is 2.86. The minimum absolute atomic E-state index is 0.0170. The van der Waals surface area contributed by atoms with Gasteiger partial charge in [-0.1, -0.05) is 25.0 Å². The van der Waals surface area contributed by atoms with Crippen LogP contribution in [0.1, 0.15) is 37.7 Å². The number of rotatable bonds is 5. The predicted octanol–water partition coefficient (Wildman–Crippen LogP) is 2.22. The van der Waals surface area contributed by atoms with E-state index in [-0.39, 0.29) is 36.6 Å². The number of nitrogens with zero attached hydrogens (tertiary/aromatic N) is 2. The first-order valence-electron chi connectivity index (χ1n) is 8.62. The minimum Gasteiger partial charge on any atom is -0.426 e. The zero-order valence-electron chi connectivity index (χ0n) is 13.9. The second-order valence-corrected chi connectivity index (χ2v) is 6.53. The molecule has 6 nitrogen and oxygen atoms in total. The molecule has 0 radical (unpaired) electrons. The second kappa shape index (κ2) is 7.47. The number of hydrogen-bond acceptors (Lipinski definition) is 5. The molecule has 0 spiro atoms. The van der Waals surface area contributed by atoms with Gasteiger partial charge in [0.05, 0.1) is 30.7 Å². The molecule has 1 aromatic rings. The molecule has 2 atom stereocenters. The molecule has 0 bridgehead atoms. The van der Waals surface area contributed by atoms with Gasteiger partial charge in [-0.2, -0.15) is 5.26 Å². The number of ether oxygens (including phenoxy) is 1. The third-order valence-electron chi connectivity index (χ3n) is 4.91. The zero-order valence-corrected chi connectivity index (χ0v) is 13.9. The topological polar surface area (TPSA) is 87.5 Å². The van der Waals surface area contributed by atoms with Crippen LogP contribution in [0.15, 0.2) is 24.3 Å². The van der Waals surface area contributed by atoms with E-state index in [2.05, 4.69) is 0 Å². The smallest absolute Gasteiger partial charge is 0.312 e. The summed E-state index contributed by atoms with van der Waals surface area (Å²) in [6.45, 7) is 0.0794. The first-order chi connectivity index (χ1) is 12.1. The maximum atomic E-state index is 12.3. The Morgan fingerprint density at radius 2 is 1.72 bits per heavy atom. The van der Waals surface area contributed by atoms with E-state index in [9.17, 15) is 14.4 Å². The fraction of sp³-hybridized carbons (Fsp3) is 0.474. The Morgan fingerprint density at radius 3 is 2.28 bits per heavy atom. The summed E-state index contributed by atoms with van der Waals surface area (Å²) in [5, 5.41) is 8.63. The van der Waals surface area contributed by atoms with Crippen molar-refractivity contribution >= 4 is 17.8 Å². The second-order valence-electron chi connectivity index (χ2n) is 6.53. The molecule has 1 saturated carbocycles. The first kappa shape index (κ1) is 17.2. The summed E-state index contributed by atoms with van der Waals surface area (Å²) in [6, 6.07) is 8.76. The molecule has 3 rings (SSSR count). The average molecular weight is 340 g/mol. The maximum Gasteiger partial charge on any atom is 0.312 e. The molecule has 6 heteroatoms. The van der Waals surface area contributed by atoms with Gasteiger partial charge in [0.25, 0.3) is 0 Å². The van der Waals surface area contributed by atoms with Crippen molar-refractivity contribution in [2.75, 3.05) is 6.54 Å². The standard InChI is InChI=1S/C19H20N2O4/c20-11-9-13-5-7-14(8-6-13)25-17(22)10-12-21-18(23)15-3-1-2-4-16(15)19(21)24/h5-8,15-16H,1-4,9-10,12H2/t15-,16-/m1/s1. The van der Waals surface area contributed by atoms with Gasteiger partial charge in [-0.3, -0.25) is 19.3 Å². The van der Waals surface area contributed by atoms with Crippen LogP contribution in [0.5, 0.6) is 5.75 Å². The summed E-state index contributed by atoms with van der Waals surface area (Å²) in [7, 11) is 0. The fourth-order valence-corrected chi connectivity index (χ4v) is 3.60. The highest BCUT2D eigenvalue weighted by Gasteiger charge is 2.47. The lowest BCUT2D eigenvalue weighted by Gasteiger charge is -2.19. The molecular weight excluding hydrogens is 320 g/mol. The number of amides is 2. The van der Waals surface area contributed by atoms with E-state index in [0.29, 0.717) is 12.2 Å². The molecule has 0 aromatic heterocycles. The summed E-state index contributed by atoms with van der Waals surface area (Å²) in [4.78, 5) is 37.9. The van der Waals surface area contributed by atoms with Crippen LogP contribution in [0.2, 0.25) is 0 Å². The predicted molar refractivity (Wildman–Crippen MR) is 88.2 cm³/mol. The molecule has 2 aliphatic rings. The van der Waals surface area contributed by atoms with E-state index in [1.54, 1.807) is 24.3 Å². The van der Waals surface area contributed by atoms with E-state index in [1.807, 2.05) is 6.07 Å². The molecule has 2 fully saturated rings. The molecule has 1 aliphatic heterocycles. The van der Waals surface area contributed by atoms with Crippen LogP contribution < -0.4 is 4.74 Å². The molecule has 0 N–H and O–H groups in total. The first-order valence-corrected chi connectivity index (χ1v) is 8.62. The molecule has 1 saturated heterocycles. The van der Waals surface area contributed by atoms with Gasteiger partial charge < -0.3 is 4.74 Å². The van der Waals surface area contributed by atoms with E-state index < -0.39 is 5.97 Å². The fourth-order valence-electron chi connectivity index (χ4n) is 3.60. The van der Waals surface area contributed by atoms with Crippen LogP contribution in [0.3, 0.4) is 0 Å². The van der Waals surface area contributed by atoms with E-state index >= 15 is 0 Å². The molecule has 2 amide bonds. The Morgan fingerprint density at radius 1 is 1.12 bits per heavy atom. The van der Waals surface area contributed by atoms with Gasteiger partial charge in [-0.15, -0.1) is 0 Å². The quantitative estimate of drug-likeness (QED) is 0.466. The number of carbonyl (C=O) groups is 3. The third kappa shape index (κ3) is 3.71. The highest BCUT2D eigenvalue weighted by Crippen LogP contribution is 2.37. The van der Waals surface area contributed by atoms with Crippen molar-refractivity contribution in [2.45, 2.75) is 38.5 Å². The molecular formula is C19H20N2O4. The zero-order chi connectivity index (χ0) is 17.8. The molecule has 0 unspecified atom stereocenters. The van der Waals surface area contributed by atoms with Crippen molar-refractivity contribution in [1.82, 2.24) is 4.90 Å². The summed E-state index contributed by atoms with van der Waals surface area (Å²) < 4.78 is 5.23. The molecule has 25 heavy (non-hydrogen) atoms. The van der Waals surface area contributed by atoms with Gasteiger partial charge in [0.1, 0.15) is 5.75 Å². The largest absolute Gasteiger partial charge is 0.426 e. The van der Waals surface area contributed by atoms with Crippen molar-refractivity contribution < 1.29 is 19.1 Å². The van der Waals surface area contributed by atoms with Crippen molar-refractivity contribution in [3.63, 3.8) is 0 Å². The number of fused-ring (bicyclic) bond motifs is 1. The number of imide groups is 1. The van der Waals surface area contributed by atoms with Crippen LogP contribution in [0.4, 0.5) is 0 Å². The molecule has 1 aliphatic carbocycles. The number of hydrogen-bond donors (Lipinski definition) is 0. The molecule has 130 valence electrons. The monoisotopic (exact) mass is 340 g/mol. The Labute approximate surface area is 146 Å². The van der Waals surface area contributed by atoms with Gasteiger partial charge in [0, 0.05) is 6.54 Å². The van der Waals surface area contributed by atoms with E-state index in [4.69, 9.17) is 10.00 Å². The summed E-state index contributed by atoms with van der Waals surface area (Å²) in [5.74, 6) is -0.746. The van der Waals surface area contributed by atoms with Crippen molar-refractivity contribution in [3.05, 3.63) is 29.8 Å². The Hall–Kier alpha value is -2.68. The van der Waals surface area contributed by atoms with Crippen molar-refractivity contribution in [1.29, 1.82) is 5.26 Å². The van der Waals surface area contributed by atoms with Crippen LogP contribution in [0.25, 0.3) is 0 Å². The van der Waals surface area contributed by atoms with Crippen molar-refractivity contribution in [2.24, 2.45) is 11.8 Å². The molecule has 1 aromatic carbocycles. The van der Waals surface area contributed by atoms with Gasteiger partial charge in [0.15, 0.2) is 0 Å². The maximum absolute atomic E-state index is 12.3. The Balaban J connectivity index is 1.53. The number of likely N-dealkylation sites (tertiary alicyclic amines) is 1. The molecule has 1 heterocycles. The Kier molecular flexibility index (Phi) is 5.13. The van der Waals surface area contributed by atoms with Crippen LogP contribution >= 0.6 is 0 Å². The SMILES string of the molecule is N#CCc1ccc(OC(=O)CCN2C(=O)[C@@H]3CCCC[C@H]3C2=O)cc1. The summed E-state index contributed by atoms with van der Waals surface area (Å²) in [6.07, 6.45) is 3.79. The van der Waals surface area contributed by atoms with Gasteiger partial charge in [-0.25, -0.2) is 0 Å². The normalized spacial score (nSPS) is 22.4. The summed E-state index contributed by atoms with van der Waals surface area (Å²) >= 11 is 0. The highest BCUT2D eigenvalue weighted by atomic mass is 16.5. The van der Waals surface area contributed by atoms with Crippen LogP contribution in [-0.4, -0.2) is 29.2 Å². The lowest BCUT2D eigenvalue weighted by atomic mass is 9.81. The van der Waals surface area contributed by atoms with E-state index in [0.717, 1.165) is 31.2 Å².